The van der Waals surface area contributed by atoms with Gasteiger partial charge in [-0.2, -0.15) is 0 Å². The van der Waals surface area contributed by atoms with Gasteiger partial charge in [0.1, 0.15) is 0 Å². The first kappa shape index (κ1) is 12.5. The van der Waals surface area contributed by atoms with Gasteiger partial charge in [-0.15, -0.1) is 6.58 Å². The minimum absolute atomic E-state index is 0.108. The highest BCUT2D eigenvalue weighted by atomic mass is 16.2. The van der Waals surface area contributed by atoms with E-state index in [0.29, 0.717) is 6.42 Å². The summed E-state index contributed by atoms with van der Waals surface area (Å²) in [5, 5.41) is 0. The van der Waals surface area contributed by atoms with E-state index in [-0.39, 0.29) is 11.4 Å². The Balaban J connectivity index is 3.16. The van der Waals surface area contributed by atoms with Crippen LogP contribution in [0.5, 0.6) is 0 Å². The summed E-state index contributed by atoms with van der Waals surface area (Å²) in [7, 11) is 0. The van der Waals surface area contributed by atoms with Crippen LogP contribution >= 0.6 is 0 Å². The van der Waals surface area contributed by atoms with E-state index in [2.05, 4.69) is 6.58 Å². The molecule has 0 fully saturated rings. The molecule has 0 bridgehead atoms. The fourth-order valence-corrected chi connectivity index (χ4v) is 1.62. The molecular weight excluding hydrogens is 198 g/mol. The van der Waals surface area contributed by atoms with E-state index in [9.17, 15) is 4.79 Å². The standard InChI is InChI=1S/C14H19NO/c1-5-13(16)15(14(3,4)6-2)12-10-8-7-9-11-12/h6-11H,2,5H2,1,3-4H3. The largest absolute Gasteiger partial charge is 0.303 e. The van der Waals surface area contributed by atoms with Gasteiger partial charge >= 0.3 is 0 Å². The van der Waals surface area contributed by atoms with Crippen LogP contribution in [0.3, 0.4) is 0 Å². The van der Waals surface area contributed by atoms with Gasteiger partial charge in [0.05, 0.1) is 5.54 Å². The predicted molar refractivity (Wildman–Crippen MR) is 68.5 cm³/mol. The Hall–Kier alpha value is -1.57. The molecule has 0 aliphatic carbocycles. The first-order valence-electron chi connectivity index (χ1n) is 5.54. The quantitative estimate of drug-likeness (QED) is 0.708. The molecule has 0 N–H and O–H groups in total. The molecule has 1 amide bonds. The molecule has 0 atom stereocenters. The monoisotopic (exact) mass is 217 g/mol. The number of para-hydroxylation sites is 1. The number of amides is 1. The van der Waals surface area contributed by atoms with Crippen LogP contribution in [0.15, 0.2) is 43.0 Å². The normalized spacial score (nSPS) is 10.9. The molecule has 0 aromatic heterocycles. The molecule has 16 heavy (non-hydrogen) atoms. The average Bonchev–Trinajstić information content (AvgIpc) is 2.30. The van der Waals surface area contributed by atoms with E-state index >= 15 is 0 Å². The van der Waals surface area contributed by atoms with Crippen molar-refractivity contribution in [1.29, 1.82) is 0 Å². The van der Waals surface area contributed by atoms with Crippen molar-refractivity contribution in [3.63, 3.8) is 0 Å². The van der Waals surface area contributed by atoms with Crippen molar-refractivity contribution >= 4 is 11.6 Å². The fourth-order valence-electron chi connectivity index (χ4n) is 1.62. The van der Waals surface area contributed by atoms with Gasteiger partial charge < -0.3 is 4.90 Å². The Morgan fingerprint density at radius 2 is 1.94 bits per heavy atom. The number of carbonyl (C=O) groups excluding carboxylic acids is 1. The molecule has 0 radical (unpaired) electrons. The Labute approximate surface area is 97.6 Å². The summed E-state index contributed by atoms with van der Waals surface area (Å²) in [5.41, 5.74) is 0.549. The third-order valence-corrected chi connectivity index (χ3v) is 2.64. The first-order valence-corrected chi connectivity index (χ1v) is 5.54. The van der Waals surface area contributed by atoms with Crippen LogP contribution in [0.2, 0.25) is 0 Å². The number of hydrogen-bond acceptors (Lipinski definition) is 1. The van der Waals surface area contributed by atoms with E-state index in [1.807, 2.05) is 51.1 Å². The number of nitrogens with zero attached hydrogens (tertiary/aromatic N) is 1. The van der Waals surface area contributed by atoms with Crippen LogP contribution in [0.1, 0.15) is 27.2 Å². The molecule has 1 aromatic carbocycles. The second-order valence-corrected chi connectivity index (χ2v) is 4.28. The van der Waals surface area contributed by atoms with Crippen LogP contribution in [0, 0.1) is 0 Å². The maximum absolute atomic E-state index is 12.0. The molecule has 0 aliphatic heterocycles. The molecule has 0 saturated carbocycles. The summed E-state index contributed by atoms with van der Waals surface area (Å²) < 4.78 is 0. The summed E-state index contributed by atoms with van der Waals surface area (Å²) in [6, 6.07) is 9.70. The van der Waals surface area contributed by atoms with Crippen LogP contribution in [0.4, 0.5) is 5.69 Å². The van der Waals surface area contributed by atoms with Crippen molar-refractivity contribution in [2.45, 2.75) is 32.7 Å². The van der Waals surface area contributed by atoms with Crippen molar-refractivity contribution < 1.29 is 4.79 Å². The van der Waals surface area contributed by atoms with Crippen molar-refractivity contribution in [3.8, 4) is 0 Å². The maximum atomic E-state index is 12.0. The zero-order chi connectivity index (χ0) is 12.2. The SMILES string of the molecule is C=CC(C)(C)N(C(=O)CC)c1ccccc1. The third kappa shape index (κ3) is 2.51. The van der Waals surface area contributed by atoms with Gasteiger partial charge in [0.15, 0.2) is 0 Å². The van der Waals surface area contributed by atoms with Gasteiger partial charge in [0.2, 0.25) is 5.91 Å². The van der Waals surface area contributed by atoms with Crippen molar-refractivity contribution in [2.24, 2.45) is 0 Å². The summed E-state index contributed by atoms with van der Waals surface area (Å²) in [5.74, 6) is 0.108. The Kier molecular flexibility index (Phi) is 3.88. The number of rotatable bonds is 4. The first-order chi connectivity index (χ1) is 7.53. The minimum Gasteiger partial charge on any atom is -0.303 e. The molecule has 2 nitrogen and oxygen atoms in total. The summed E-state index contributed by atoms with van der Waals surface area (Å²) in [4.78, 5) is 13.8. The van der Waals surface area contributed by atoms with Crippen LogP contribution in [-0.2, 0) is 4.79 Å². The summed E-state index contributed by atoms with van der Waals surface area (Å²) in [6.45, 7) is 9.65. The lowest BCUT2D eigenvalue weighted by Crippen LogP contribution is -2.46. The molecule has 0 heterocycles. The predicted octanol–water partition coefficient (Wildman–Crippen LogP) is 3.39. The van der Waals surface area contributed by atoms with E-state index in [1.54, 1.807) is 11.0 Å². The second-order valence-electron chi connectivity index (χ2n) is 4.28. The maximum Gasteiger partial charge on any atom is 0.227 e. The topological polar surface area (TPSA) is 20.3 Å². The zero-order valence-corrected chi connectivity index (χ0v) is 10.2. The van der Waals surface area contributed by atoms with E-state index < -0.39 is 0 Å². The number of benzene rings is 1. The molecule has 0 aliphatic rings. The molecule has 0 spiro atoms. The van der Waals surface area contributed by atoms with Crippen molar-refractivity contribution in [1.82, 2.24) is 0 Å². The van der Waals surface area contributed by atoms with Crippen molar-refractivity contribution in [3.05, 3.63) is 43.0 Å². The average molecular weight is 217 g/mol. The van der Waals surface area contributed by atoms with Gasteiger partial charge in [-0.1, -0.05) is 31.2 Å². The molecule has 0 unspecified atom stereocenters. The number of carbonyl (C=O) groups is 1. The molecule has 2 heteroatoms. The van der Waals surface area contributed by atoms with E-state index in [0.717, 1.165) is 5.69 Å². The Bertz CT molecular complexity index is 368. The third-order valence-electron chi connectivity index (χ3n) is 2.64. The van der Waals surface area contributed by atoms with Gasteiger partial charge in [-0.3, -0.25) is 4.79 Å². The van der Waals surface area contributed by atoms with Gasteiger partial charge in [-0.25, -0.2) is 0 Å². The highest BCUT2D eigenvalue weighted by molar-refractivity contribution is 5.94. The molecule has 1 aromatic rings. The van der Waals surface area contributed by atoms with Crippen LogP contribution in [-0.4, -0.2) is 11.4 Å². The van der Waals surface area contributed by atoms with Gasteiger partial charge in [-0.05, 0) is 26.0 Å². The summed E-state index contributed by atoms with van der Waals surface area (Å²) in [6.07, 6.45) is 2.29. The van der Waals surface area contributed by atoms with E-state index in [1.165, 1.54) is 0 Å². The Morgan fingerprint density at radius 1 is 1.38 bits per heavy atom. The minimum atomic E-state index is -0.367. The number of anilines is 1. The molecule has 0 saturated heterocycles. The zero-order valence-electron chi connectivity index (χ0n) is 10.2. The second kappa shape index (κ2) is 4.97. The van der Waals surface area contributed by atoms with Crippen molar-refractivity contribution in [2.75, 3.05) is 4.90 Å². The van der Waals surface area contributed by atoms with Gasteiger partial charge in [0.25, 0.3) is 0 Å². The Morgan fingerprint density at radius 3 is 2.38 bits per heavy atom. The molecule has 86 valence electrons. The molecular formula is C14H19NO. The highest BCUT2D eigenvalue weighted by Gasteiger charge is 2.28. The fraction of sp³-hybridized carbons (Fsp3) is 0.357. The lowest BCUT2D eigenvalue weighted by molar-refractivity contribution is -0.119. The van der Waals surface area contributed by atoms with E-state index in [4.69, 9.17) is 0 Å². The van der Waals surface area contributed by atoms with Gasteiger partial charge in [0, 0.05) is 12.1 Å². The van der Waals surface area contributed by atoms with Crippen LogP contribution < -0.4 is 4.90 Å². The lowest BCUT2D eigenvalue weighted by Gasteiger charge is -2.36. The highest BCUT2D eigenvalue weighted by Crippen LogP contribution is 2.25. The smallest absolute Gasteiger partial charge is 0.227 e. The van der Waals surface area contributed by atoms with Crippen LogP contribution in [0.25, 0.3) is 0 Å². The number of hydrogen-bond donors (Lipinski definition) is 0. The lowest BCUT2D eigenvalue weighted by atomic mass is 10.0. The molecule has 1 rings (SSSR count). The summed E-state index contributed by atoms with van der Waals surface area (Å²) >= 11 is 0.